The van der Waals surface area contributed by atoms with E-state index in [1.54, 1.807) is 0 Å². The highest BCUT2D eigenvalue weighted by Gasteiger charge is 2.13. The smallest absolute Gasteiger partial charge is 0.0351 e. The van der Waals surface area contributed by atoms with Crippen LogP contribution in [0.1, 0.15) is 32.6 Å². The molecule has 0 radical (unpaired) electrons. The van der Waals surface area contributed by atoms with Crippen molar-refractivity contribution in [2.45, 2.75) is 32.6 Å². The first-order valence-corrected chi connectivity index (χ1v) is 6.91. The standard InChI is InChI=1S/C12H25ClN2/c1-2-3-4-7-14-8-5-9-15(10-6-13)12-11-14/h2-12H2,1H3. The van der Waals surface area contributed by atoms with E-state index in [9.17, 15) is 0 Å². The first kappa shape index (κ1) is 13.3. The van der Waals surface area contributed by atoms with Gasteiger partial charge in [-0.1, -0.05) is 19.8 Å². The Morgan fingerprint density at radius 2 is 1.60 bits per heavy atom. The first-order chi connectivity index (χ1) is 7.36. The minimum atomic E-state index is 0.774. The van der Waals surface area contributed by atoms with Crippen LogP contribution in [-0.4, -0.2) is 54.9 Å². The lowest BCUT2D eigenvalue weighted by atomic mass is 10.2. The Morgan fingerprint density at radius 3 is 2.20 bits per heavy atom. The molecule has 0 aromatic heterocycles. The van der Waals surface area contributed by atoms with Gasteiger partial charge in [-0.25, -0.2) is 0 Å². The van der Waals surface area contributed by atoms with Crippen LogP contribution in [0.5, 0.6) is 0 Å². The van der Waals surface area contributed by atoms with Crippen LogP contribution < -0.4 is 0 Å². The van der Waals surface area contributed by atoms with Crippen molar-refractivity contribution in [3.8, 4) is 0 Å². The SMILES string of the molecule is CCCCCN1CCCN(CCCl)CC1. The molecule has 1 aliphatic rings. The van der Waals surface area contributed by atoms with Crippen LogP contribution in [0.4, 0.5) is 0 Å². The highest BCUT2D eigenvalue weighted by Crippen LogP contribution is 2.05. The van der Waals surface area contributed by atoms with Gasteiger partial charge in [0, 0.05) is 25.5 Å². The van der Waals surface area contributed by atoms with E-state index in [0.717, 1.165) is 12.4 Å². The maximum atomic E-state index is 5.77. The molecule has 3 heteroatoms. The van der Waals surface area contributed by atoms with Crippen LogP contribution in [-0.2, 0) is 0 Å². The molecule has 1 rings (SSSR count). The fourth-order valence-electron chi connectivity index (χ4n) is 2.18. The van der Waals surface area contributed by atoms with Gasteiger partial charge in [0.2, 0.25) is 0 Å². The summed E-state index contributed by atoms with van der Waals surface area (Å²) in [6.45, 7) is 9.58. The van der Waals surface area contributed by atoms with E-state index in [2.05, 4.69) is 16.7 Å². The molecule has 1 heterocycles. The quantitative estimate of drug-likeness (QED) is 0.513. The van der Waals surface area contributed by atoms with E-state index in [1.165, 1.54) is 58.4 Å². The Morgan fingerprint density at radius 1 is 0.933 bits per heavy atom. The van der Waals surface area contributed by atoms with Crippen molar-refractivity contribution in [1.82, 2.24) is 9.80 Å². The molecule has 0 aromatic rings. The molecule has 15 heavy (non-hydrogen) atoms. The number of rotatable bonds is 6. The summed E-state index contributed by atoms with van der Waals surface area (Å²) in [4.78, 5) is 5.11. The summed E-state index contributed by atoms with van der Waals surface area (Å²) >= 11 is 5.77. The zero-order chi connectivity index (χ0) is 10.9. The summed E-state index contributed by atoms with van der Waals surface area (Å²) in [5.41, 5.74) is 0. The summed E-state index contributed by atoms with van der Waals surface area (Å²) < 4.78 is 0. The Balaban J connectivity index is 2.14. The Bertz CT molecular complexity index is 153. The van der Waals surface area contributed by atoms with Gasteiger partial charge < -0.3 is 9.80 Å². The molecule has 0 saturated carbocycles. The topological polar surface area (TPSA) is 6.48 Å². The van der Waals surface area contributed by atoms with Crippen LogP contribution in [0.15, 0.2) is 0 Å². The van der Waals surface area contributed by atoms with E-state index in [4.69, 9.17) is 11.6 Å². The van der Waals surface area contributed by atoms with Crippen molar-refractivity contribution < 1.29 is 0 Å². The monoisotopic (exact) mass is 232 g/mol. The molecule has 90 valence electrons. The van der Waals surface area contributed by atoms with Gasteiger partial charge in [0.1, 0.15) is 0 Å². The first-order valence-electron chi connectivity index (χ1n) is 6.37. The molecule has 0 amide bonds. The van der Waals surface area contributed by atoms with Crippen LogP contribution in [0, 0.1) is 0 Å². The fourth-order valence-corrected chi connectivity index (χ4v) is 2.42. The molecule has 1 saturated heterocycles. The highest BCUT2D eigenvalue weighted by atomic mass is 35.5. The van der Waals surface area contributed by atoms with Gasteiger partial charge in [-0.2, -0.15) is 0 Å². The number of halogens is 1. The van der Waals surface area contributed by atoms with Crippen molar-refractivity contribution in [3.63, 3.8) is 0 Å². The molecule has 0 aromatic carbocycles. The molecule has 0 spiro atoms. The maximum absolute atomic E-state index is 5.77. The molecule has 0 bridgehead atoms. The van der Waals surface area contributed by atoms with E-state index in [0.29, 0.717) is 0 Å². The lowest BCUT2D eigenvalue weighted by Gasteiger charge is -2.20. The number of alkyl halides is 1. The molecular formula is C12H25ClN2. The van der Waals surface area contributed by atoms with Crippen LogP contribution >= 0.6 is 11.6 Å². The van der Waals surface area contributed by atoms with Gasteiger partial charge in [-0.05, 0) is 32.5 Å². The minimum absolute atomic E-state index is 0.774. The van der Waals surface area contributed by atoms with E-state index < -0.39 is 0 Å². The molecular weight excluding hydrogens is 208 g/mol. The third-order valence-electron chi connectivity index (χ3n) is 3.16. The molecule has 2 nitrogen and oxygen atoms in total. The second-order valence-electron chi connectivity index (χ2n) is 4.43. The minimum Gasteiger partial charge on any atom is -0.302 e. The Hall–Kier alpha value is 0.210. The van der Waals surface area contributed by atoms with Gasteiger partial charge in [-0.3, -0.25) is 0 Å². The Labute approximate surface area is 99.6 Å². The third-order valence-corrected chi connectivity index (χ3v) is 3.33. The predicted octanol–water partition coefficient (Wildman–Crippen LogP) is 2.42. The summed E-state index contributed by atoms with van der Waals surface area (Å²) in [7, 11) is 0. The fraction of sp³-hybridized carbons (Fsp3) is 1.00. The molecule has 0 atom stereocenters. The summed E-state index contributed by atoms with van der Waals surface area (Å²) in [6, 6.07) is 0. The predicted molar refractivity (Wildman–Crippen MR) is 67.7 cm³/mol. The second-order valence-corrected chi connectivity index (χ2v) is 4.81. The van der Waals surface area contributed by atoms with Crippen molar-refractivity contribution in [3.05, 3.63) is 0 Å². The normalized spacial score (nSPS) is 20.4. The van der Waals surface area contributed by atoms with Crippen LogP contribution in [0.3, 0.4) is 0 Å². The maximum Gasteiger partial charge on any atom is 0.0351 e. The van der Waals surface area contributed by atoms with E-state index >= 15 is 0 Å². The molecule has 1 fully saturated rings. The zero-order valence-electron chi connectivity index (χ0n) is 10.1. The Kier molecular flexibility index (Phi) is 7.41. The van der Waals surface area contributed by atoms with Crippen molar-refractivity contribution in [1.29, 1.82) is 0 Å². The van der Waals surface area contributed by atoms with Crippen molar-refractivity contribution in [2.75, 3.05) is 45.1 Å². The van der Waals surface area contributed by atoms with Crippen molar-refractivity contribution >= 4 is 11.6 Å². The van der Waals surface area contributed by atoms with Gasteiger partial charge in [0.15, 0.2) is 0 Å². The highest BCUT2D eigenvalue weighted by molar-refractivity contribution is 6.18. The number of hydrogen-bond donors (Lipinski definition) is 0. The summed E-state index contributed by atoms with van der Waals surface area (Å²) in [6.07, 6.45) is 5.38. The van der Waals surface area contributed by atoms with Gasteiger partial charge in [0.05, 0.1) is 0 Å². The molecule has 1 aliphatic heterocycles. The van der Waals surface area contributed by atoms with Crippen molar-refractivity contribution in [2.24, 2.45) is 0 Å². The second kappa shape index (κ2) is 8.37. The number of unbranched alkanes of at least 4 members (excludes halogenated alkanes) is 2. The molecule has 0 N–H and O–H groups in total. The lowest BCUT2D eigenvalue weighted by Crippen LogP contribution is -2.32. The lowest BCUT2D eigenvalue weighted by molar-refractivity contribution is 0.260. The third kappa shape index (κ3) is 5.74. The number of hydrogen-bond acceptors (Lipinski definition) is 2. The zero-order valence-corrected chi connectivity index (χ0v) is 10.8. The summed E-state index contributed by atoms with van der Waals surface area (Å²) in [5, 5.41) is 0. The van der Waals surface area contributed by atoms with E-state index in [1.807, 2.05) is 0 Å². The summed E-state index contributed by atoms with van der Waals surface area (Å²) in [5.74, 6) is 0.774. The molecule has 0 aliphatic carbocycles. The largest absolute Gasteiger partial charge is 0.302 e. The average molecular weight is 233 g/mol. The number of nitrogens with zero attached hydrogens (tertiary/aromatic N) is 2. The van der Waals surface area contributed by atoms with Gasteiger partial charge >= 0.3 is 0 Å². The van der Waals surface area contributed by atoms with Gasteiger partial charge in [0.25, 0.3) is 0 Å². The van der Waals surface area contributed by atoms with Crippen LogP contribution in [0.2, 0.25) is 0 Å². The van der Waals surface area contributed by atoms with Crippen LogP contribution in [0.25, 0.3) is 0 Å². The average Bonchev–Trinajstić information content (AvgIpc) is 2.45. The van der Waals surface area contributed by atoms with E-state index in [-0.39, 0.29) is 0 Å². The van der Waals surface area contributed by atoms with Gasteiger partial charge in [-0.15, -0.1) is 11.6 Å². The molecule has 0 unspecified atom stereocenters.